The minimum atomic E-state index is -0.193. The van der Waals surface area contributed by atoms with E-state index in [0.717, 1.165) is 4.90 Å². The van der Waals surface area contributed by atoms with E-state index in [1.807, 2.05) is 6.07 Å². The molecule has 0 saturated heterocycles. The summed E-state index contributed by atoms with van der Waals surface area (Å²) in [6.07, 6.45) is 0.122. The van der Waals surface area contributed by atoms with E-state index < -0.39 is 0 Å². The van der Waals surface area contributed by atoms with E-state index in [4.69, 9.17) is 5.11 Å². The zero-order valence-electron chi connectivity index (χ0n) is 7.03. The molecule has 1 aromatic rings. The van der Waals surface area contributed by atoms with Gasteiger partial charge in [0.05, 0.1) is 13.0 Å². The lowest BCUT2D eigenvalue weighted by Crippen LogP contribution is -2.12. The second kappa shape index (κ2) is 4.89. The molecule has 1 aromatic carbocycles. The van der Waals surface area contributed by atoms with Crippen LogP contribution in [0.4, 0.5) is 5.69 Å². The molecule has 13 heavy (non-hydrogen) atoms. The molecule has 0 saturated carbocycles. The predicted molar refractivity (Wildman–Crippen MR) is 54.0 cm³/mol. The molecule has 0 bridgehead atoms. The number of rotatable bonds is 3. The fourth-order valence-corrected chi connectivity index (χ4v) is 1.13. The Balaban J connectivity index is 2.58. The van der Waals surface area contributed by atoms with Gasteiger partial charge in [-0.15, -0.1) is 12.6 Å². The van der Waals surface area contributed by atoms with Crippen molar-refractivity contribution in [2.45, 2.75) is 11.3 Å². The summed E-state index contributed by atoms with van der Waals surface area (Å²) in [7, 11) is 0. The summed E-state index contributed by atoms with van der Waals surface area (Å²) < 4.78 is 0. The third-order valence-corrected chi connectivity index (χ3v) is 1.75. The van der Waals surface area contributed by atoms with Gasteiger partial charge in [0.25, 0.3) is 0 Å². The zero-order valence-corrected chi connectivity index (χ0v) is 7.92. The highest BCUT2D eigenvalue weighted by molar-refractivity contribution is 7.80. The van der Waals surface area contributed by atoms with Gasteiger partial charge in [0.2, 0.25) is 5.91 Å². The van der Waals surface area contributed by atoms with E-state index in [1.54, 1.807) is 18.2 Å². The van der Waals surface area contributed by atoms with Gasteiger partial charge in [-0.2, -0.15) is 0 Å². The summed E-state index contributed by atoms with van der Waals surface area (Å²) in [4.78, 5) is 11.8. The summed E-state index contributed by atoms with van der Waals surface area (Å²) in [5.74, 6) is -0.193. The second-order valence-corrected chi connectivity index (χ2v) is 3.09. The number of hydrogen-bond acceptors (Lipinski definition) is 3. The Morgan fingerprint density at radius 1 is 1.54 bits per heavy atom. The maximum Gasteiger partial charge on any atom is 0.226 e. The maximum atomic E-state index is 11.0. The first-order chi connectivity index (χ1) is 6.22. The fourth-order valence-electron chi connectivity index (χ4n) is 0.909. The van der Waals surface area contributed by atoms with Crippen molar-refractivity contribution in [1.29, 1.82) is 0 Å². The van der Waals surface area contributed by atoms with Crippen molar-refractivity contribution in [2.24, 2.45) is 0 Å². The summed E-state index contributed by atoms with van der Waals surface area (Å²) in [6, 6.07) is 7.15. The Bertz CT molecular complexity index is 301. The van der Waals surface area contributed by atoms with Crippen LogP contribution < -0.4 is 5.32 Å². The minimum Gasteiger partial charge on any atom is -0.396 e. The molecule has 0 heterocycles. The average molecular weight is 197 g/mol. The number of benzene rings is 1. The molecule has 2 N–H and O–H groups in total. The average Bonchev–Trinajstić information content (AvgIpc) is 2.04. The number of carbonyl (C=O) groups excluding carboxylic acids is 1. The van der Waals surface area contributed by atoms with Crippen molar-refractivity contribution in [3.8, 4) is 0 Å². The smallest absolute Gasteiger partial charge is 0.226 e. The third-order valence-electron chi connectivity index (χ3n) is 1.47. The van der Waals surface area contributed by atoms with Gasteiger partial charge in [0.1, 0.15) is 0 Å². The lowest BCUT2D eigenvalue weighted by Gasteiger charge is -2.03. The van der Waals surface area contributed by atoms with E-state index in [2.05, 4.69) is 17.9 Å². The quantitative estimate of drug-likeness (QED) is 0.640. The van der Waals surface area contributed by atoms with Crippen molar-refractivity contribution >= 4 is 24.2 Å². The summed E-state index contributed by atoms with van der Waals surface area (Å²) in [5, 5.41) is 11.1. The Kier molecular flexibility index (Phi) is 3.79. The molecule has 4 heteroatoms. The monoisotopic (exact) mass is 197 g/mol. The molecule has 0 spiro atoms. The molecule has 0 aliphatic rings. The Labute approximate surface area is 82.2 Å². The van der Waals surface area contributed by atoms with Crippen molar-refractivity contribution in [3.63, 3.8) is 0 Å². The van der Waals surface area contributed by atoms with Gasteiger partial charge in [0, 0.05) is 10.6 Å². The van der Waals surface area contributed by atoms with E-state index >= 15 is 0 Å². The van der Waals surface area contributed by atoms with Gasteiger partial charge in [-0.3, -0.25) is 4.79 Å². The summed E-state index contributed by atoms with van der Waals surface area (Å²) in [6.45, 7) is -0.133. The van der Waals surface area contributed by atoms with Crippen LogP contribution >= 0.6 is 12.6 Å². The van der Waals surface area contributed by atoms with Gasteiger partial charge in [-0.05, 0) is 18.2 Å². The molecule has 0 aliphatic heterocycles. The van der Waals surface area contributed by atoms with Crippen LogP contribution in [0.5, 0.6) is 0 Å². The van der Waals surface area contributed by atoms with E-state index in [9.17, 15) is 4.79 Å². The Hall–Kier alpha value is -1.00. The lowest BCUT2D eigenvalue weighted by atomic mass is 10.3. The van der Waals surface area contributed by atoms with Crippen LogP contribution in [0.3, 0.4) is 0 Å². The summed E-state index contributed by atoms with van der Waals surface area (Å²) >= 11 is 4.13. The molecule has 0 unspecified atom stereocenters. The maximum absolute atomic E-state index is 11.0. The first-order valence-electron chi connectivity index (χ1n) is 3.92. The molecule has 1 rings (SSSR count). The van der Waals surface area contributed by atoms with Crippen LogP contribution in [-0.4, -0.2) is 17.6 Å². The van der Waals surface area contributed by atoms with Gasteiger partial charge in [0.15, 0.2) is 0 Å². The van der Waals surface area contributed by atoms with E-state index in [-0.39, 0.29) is 18.9 Å². The number of amides is 1. The van der Waals surface area contributed by atoms with Crippen molar-refractivity contribution in [3.05, 3.63) is 24.3 Å². The largest absolute Gasteiger partial charge is 0.396 e. The van der Waals surface area contributed by atoms with E-state index in [1.165, 1.54) is 0 Å². The molecule has 3 nitrogen and oxygen atoms in total. The van der Waals surface area contributed by atoms with Crippen molar-refractivity contribution in [2.75, 3.05) is 11.9 Å². The van der Waals surface area contributed by atoms with Crippen LogP contribution in [0.15, 0.2) is 29.2 Å². The molecule has 70 valence electrons. The highest BCUT2D eigenvalue weighted by Gasteiger charge is 2.00. The molecule has 1 amide bonds. The molecular formula is C9H11NO2S. The number of nitrogens with one attached hydrogen (secondary N) is 1. The van der Waals surface area contributed by atoms with E-state index in [0.29, 0.717) is 5.69 Å². The Morgan fingerprint density at radius 2 is 2.31 bits per heavy atom. The number of thiol groups is 1. The highest BCUT2D eigenvalue weighted by atomic mass is 32.1. The molecular weight excluding hydrogens is 186 g/mol. The predicted octanol–water partition coefficient (Wildman–Crippen LogP) is 1.30. The Morgan fingerprint density at radius 3 is 2.92 bits per heavy atom. The number of carbonyl (C=O) groups is 1. The second-order valence-electron chi connectivity index (χ2n) is 2.57. The van der Waals surface area contributed by atoms with Gasteiger partial charge < -0.3 is 10.4 Å². The third kappa shape index (κ3) is 3.48. The number of aliphatic hydroxyl groups is 1. The van der Waals surface area contributed by atoms with Gasteiger partial charge in [-0.1, -0.05) is 6.07 Å². The topological polar surface area (TPSA) is 49.3 Å². The van der Waals surface area contributed by atoms with Crippen molar-refractivity contribution < 1.29 is 9.90 Å². The van der Waals surface area contributed by atoms with Crippen LogP contribution in [0.25, 0.3) is 0 Å². The molecule has 0 aliphatic carbocycles. The van der Waals surface area contributed by atoms with Crippen LogP contribution in [-0.2, 0) is 4.79 Å². The zero-order chi connectivity index (χ0) is 9.68. The van der Waals surface area contributed by atoms with Crippen molar-refractivity contribution in [1.82, 2.24) is 0 Å². The lowest BCUT2D eigenvalue weighted by molar-refractivity contribution is -0.116. The normalized spacial score (nSPS) is 9.69. The minimum absolute atomic E-state index is 0.122. The van der Waals surface area contributed by atoms with Crippen LogP contribution in [0, 0.1) is 0 Å². The van der Waals surface area contributed by atoms with Crippen LogP contribution in [0.1, 0.15) is 6.42 Å². The summed E-state index contributed by atoms with van der Waals surface area (Å²) in [5.41, 5.74) is 0.700. The first-order valence-corrected chi connectivity index (χ1v) is 4.37. The van der Waals surface area contributed by atoms with Gasteiger partial charge in [-0.25, -0.2) is 0 Å². The number of anilines is 1. The standard InChI is InChI=1S/C9H11NO2S/c11-5-4-9(12)10-7-2-1-3-8(13)6-7/h1-3,6,11,13H,4-5H2,(H,10,12). The number of hydrogen-bond donors (Lipinski definition) is 3. The SMILES string of the molecule is O=C(CCO)Nc1cccc(S)c1. The molecule has 0 atom stereocenters. The fraction of sp³-hybridized carbons (Fsp3) is 0.222. The molecule has 0 radical (unpaired) electrons. The molecule has 0 aromatic heterocycles. The highest BCUT2D eigenvalue weighted by Crippen LogP contribution is 2.13. The number of aliphatic hydroxyl groups excluding tert-OH is 1. The first kappa shape index (κ1) is 10.1. The molecule has 0 fully saturated rings. The van der Waals surface area contributed by atoms with Gasteiger partial charge >= 0.3 is 0 Å². The van der Waals surface area contributed by atoms with Crippen LogP contribution in [0.2, 0.25) is 0 Å².